The zero-order chi connectivity index (χ0) is 9.80. The van der Waals surface area contributed by atoms with Crippen LogP contribution >= 0.6 is 0 Å². The zero-order valence-electron chi connectivity index (χ0n) is 9.80. The van der Waals surface area contributed by atoms with Gasteiger partial charge in [-0.25, -0.2) is 0 Å². The lowest BCUT2D eigenvalue weighted by Gasteiger charge is -2.12. The molecule has 0 spiro atoms. The average Bonchev–Trinajstić information content (AvgIpc) is 2.89. The maximum Gasteiger partial charge on any atom is -0.0383 e. The van der Waals surface area contributed by atoms with Crippen molar-refractivity contribution in [2.24, 2.45) is 17.8 Å². The van der Waals surface area contributed by atoms with Gasteiger partial charge in [-0.15, -0.1) is 0 Å². The first kappa shape index (κ1) is 10.5. The van der Waals surface area contributed by atoms with E-state index in [1.165, 1.54) is 44.9 Å². The van der Waals surface area contributed by atoms with Gasteiger partial charge >= 0.3 is 0 Å². The van der Waals surface area contributed by atoms with Gasteiger partial charge in [0.05, 0.1) is 0 Å². The van der Waals surface area contributed by atoms with Crippen LogP contribution in [0.4, 0.5) is 0 Å². The molecule has 82 valence electrons. The molecule has 0 aromatic rings. The highest BCUT2D eigenvalue weighted by molar-refractivity contribution is 4.85. The lowest BCUT2D eigenvalue weighted by molar-refractivity contribution is 0.416. The lowest BCUT2D eigenvalue weighted by atomic mass is 9.94. The van der Waals surface area contributed by atoms with Crippen LogP contribution in [0.3, 0.4) is 0 Å². The van der Waals surface area contributed by atoms with E-state index in [0.29, 0.717) is 0 Å². The topological polar surface area (TPSA) is 0 Å². The van der Waals surface area contributed by atoms with Gasteiger partial charge in [0, 0.05) is 0 Å². The molecule has 2 aliphatic carbocycles. The molecule has 2 saturated carbocycles. The van der Waals surface area contributed by atoms with Gasteiger partial charge in [-0.3, -0.25) is 0 Å². The number of hydrogen-bond acceptors (Lipinski definition) is 0. The largest absolute Gasteiger partial charge is 0.0625 e. The van der Waals surface area contributed by atoms with E-state index >= 15 is 0 Å². The average molecular weight is 194 g/mol. The Bertz CT molecular complexity index is 155. The minimum absolute atomic E-state index is 1.00. The standard InChI is InChI=1S/C14H26/c1-12-7-3-2-4-9-13-11-14(13)10-6-5-8-12/h12-14H,2-11H2,1H3. The van der Waals surface area contributed by atoms with Gasteiger partial charge in [0.2, 0.25) is 0 Å². The summed E-state index contributed by atoms with van der Waals surface area (Å²) in [7, 11) is 0. The molecule has 14 heavy (non-hydrogen) atoms. The fourth-order valence-corrected chi connectivity index (χ4v) is 3.14. The smallest absolute Gasteiger partial charge is 0.0383 e. The van der Waals surface area contributed by atoms with E-state index in [2.05, 4.69) is 6.92 Å². The van der Waals surface area contributed by atoms with Crippen LogP contribution in [0.25, 0.3) is 0 Å². The molecule has 0 radical (unpaired) electrons. The van der Waals surface area contributed by atoms with Crippen LogP contribution in [-0.4, -0.2) is 0 Å². The molecule has 0 nitrogen and oxygen atoms in total. The molecule has 0 aliphatic heterocycles. The Labute approximate surface area is 89.5 Å². The fraction of sp³-hybridized carbons (Fsp3) is 1.00. The van der Waals surface area contributed by atoms with E-state index in [0.717, 1.165) is 17.8 Å². The first-order chi connectivity index (χ1) is 6.86. The molecule has 0 saturated heterocycles. The van der Waals surface area contributed by atoms with Crippen LogP contribution < -0.4 is 0 Å². The van der Waals surface area contributed by atoms with Crippen molar-refractivity contribution in [1.82, 2.24) is 0 Å². The van der Waals surface area contributed by atoms with Crippen molar-refractivity contribution in [3.05, 3.63) is 0 Å². The molecule has 2 fully saturated rings. The Morgan fingerprint density at radius 3 is 1.86 bits per heavy atom. The molecule has 0 heteroatoms. The summed E-state index contributed by atoms with van der Waals surface area (Å²) in [6.07, 6.45) is 15.2. The fourth-order valence-electron chi connectivity index (χ4n) is 3.14. The van der Waals surface area contributed by atoms with Gasteiger partial charge in [0.15, 0.2) is 0 Å². The molecule has 2 rings (SSSR count). The van der Waals surface area contributed by atoms with Gasteiger partial charge in [-0.1, -0.05) is 64.7 Å². The molecule has 0 aromatic carbocycles. The van der Waals surface area contributed by atoms with E-state index in [9.17, 15) is 0 Å². The van der Waals surface area contributed by atoms with E-state index in [1.54, 1.807) is 19.3 Å². The summed E-state index contributed by atoms with van der Waals surface area (Å²) in [4.78, 5) is 0. The maximum absolute atomic E-state index is 2.45. The van der Waals surface area contributed by atoms with Crippen molar-refractivity contribution < 1.29 is 0 Å². The van der Waals surface area contributed by atoms with Crippen molar-refractivity contribution in [2.75, 3.05) is 0 Å². The summed E-state index contributed by atoms with van der Waals surface area (Å²) >= 11 is 0. The zero-order valence-corrected chi connectivity index (χ0v) is 9.80. The van der Waals surface area contributed by atoms with Gasteiger partial charge in [-0.05, 0) is 24.2 Å². The first-order valence-corrected chi connectivity index (χ1v) is 6.86. The molecule has 0 heterocycles. The highest BCUT2D eigenvalue weighted by Gasteiger charge is 2.35. The maximum atomic E-state index is 2.45. The molecule has 2 aliphatic rings. The summed E-state index contributed by atoms with van der Waals surface area (Å²) in [5, 5.41) is 0. The lowest BCUT2D eigenvalue weighted by Crippen LogP contribution is -1.97. The van der Waals surface area contributed by atoms with Gasteiger partial charge < -0.3 is 0 Å². The van der Waals surface area contributed by atoms with Crippen molar-refractivity contribution in [1.29, 1.82) is 0 Å². The van der Waals surface area contributed by atoms with Crippen LogP contribution in [-0.2, 0) is 0 Å². The Morgan fingerprint density at radius 1 is 0.643 bits per heavy atom. The third-order valence-electron chi connectivity index (χ3n) is 4.36. The molecular weight excluding hydrogens is 168 g/mol. The Morgan fingerprint density at radius 2 is 1.14 bits per heavy atom. The van der Waals surface area contributed by atoms with E-state index in [4.69, 9.17) is 0 Å². The second-order valence-electron chi connectivity index (χ2n) is 5.78. The molecule has 3 unspecified atom stereocenters. The predicted octanol–water partition coefficient (Wildman–Crippen LogP) is 4.78. The normalized spacial score (nSPS) is 40.5. The number of rotatable bonds is 0. The minimum Gasteiger partial charge on any atom is -0.0625 e. The Balaban J connectivity index is 1.70. The second-order valence-corrected chi connectivity index (χ2v) is 5.78. The molecule has 0 amide bonds. The Hall–Kier alpha value is 0. The summed E-state index contributed by atoms with van der Waals surface area (Å²) in [5.74, 6) is 3.32. The highest BCUT2D eigenvalue weighted by Crippen LogP contribution is 2.46. The third kappa shape index (κ3) is 3.29. The van der Waals surface area contributed by atoms with Crippen molar-refractivity contribution in [2.45, 2.75) is 71.1 Å². The molecular formula is C14H26. The third-order valence-corrected chi connectivity index (χ3v) is 4.36. The van der Waals surface area contributed by atoms with Gasteiger partial charge in [-0.2, -0.15) is 0 Å². The van der Waals surface area contributed by atoms with E-state index in [1.807, 2.05) is 0 Å². The summed E-state index contributed by atoms with van der Waals surface area (Å²) in [6, 6.07) is 0. The minimum atomic E-state index is 1.00. The van der Waals surface area contributed by atoms with Crippen molar-refractivity contribution in [3.63, 3.8) is 0 Å². The summed E-state index contributed by atoms with van der Waals surface area (Å²) in [5.41, 5.74) is 0. The highest BCUT2D eigenvalue weighted by atomic mass is 14.4. The molecule has 0 bridgehead atoms. The molecule has 0 N–H and O–H groups in total. The van der Waals surface area contributed by atoms with Crippen LogP contribution in [0, 0.1) is 17.8 Å². The van der Waals surface area contributed by atoms with Crippen LogP contribution in [0.15, 0.2) is 0 Å². The molecule has 3 atom stereocenters. The van der Waals surface area contributed by atoms with Crippen molar-refractivity contribution in [3.8, 4) is 0 Å². The van der Waals surface area contributed by atoms with Gasteiger partial charge in [0.1, 0.15) is 0 Å². The van der Waals surface area contributed by atoms with Crippen LogP contribution in [0.1, 0.15) is 71.1 Å². The first-order valence-electron chi connectivity index (χ1n) is 6.86. The quantitative estimate of drug-likeness (QED) is 0.520. The predicted molar refractivity (Wildman–Crippen MR) is 62.3 cm³/mol. The number of fused-ring (bicyclic) bond motifs is 1. The Kier molecular flexibility index (Phi) is 3.89. The van der Waals surface area contributed by atoms with Gasteiger partial charge in [0.25, 0.3) is 0 Å². The second kappa shape index (κ2) is 5.19. The van der Waals surface area contributed by atoms with E-state index < -0.39 is 0 Å². The monoisotopic (exact) mass is 194 g/mol. The van der Waals surface area contributed by atoms with Crippen LogP contribution in [0.5, 0.6) is 0 Å². The van der Waals surface area contributed by atoms with Crippen molar-refractivity contribution >= 4 is 0 Å². The number of hydrogen-bond donors (Lipinski definition) is 0. The summed E-state index contributed by atoms with van der Waals surface area (Å²) in [6.45, 7) is 2.45. The van der Waals surface area contributed by atoms with Crippen LogP contribution in [0.2, 0.25) is 0 Å². The van der Waals surface area contributed by atoms with E-state index in [-0.39, 0.29) is 0 Å². The SMILES string of the molecule is CC1CCCCCC2CC2CCCC1. The summed E-state index contributed by atoms with van der Waals surface area (Å²) < 4.78 is 0. The molecule has 0 aromatic heterocycles.